The minimum absolute atomic E-state index is 0.147. The second-order valence-corrected chi connectivity index (χ2v) is 6.09. The highest BCUT2D eigenvalue weighted by Gasteiger charge is 2.15. The molecule has 0 spiro atoms. The predicted octanol–water partition coefficient (Wildman–Crippen LogP) is 4.06. The fourth-order valence-electron chi connectivity index (χ4n) is 1.85. The molecule has 1 N–H and O–H groups in total. The van der Waals surface area contributed by atoms with E-state index in [1.165, 1.54) is 4.88 Å². The molecule has 0 saturated carbocycles. The van der Waals surface area contributed by atoms with Gasteiger partial charge in [0.25, 0.3) is 0 Å². The van der Waals surface area contributed by atoms with Crippen LogP contribution in [0, 0.1) is 18.3 Å². The topological polar surface area (TPSA) is 48.7 Å². The second kappa shape index (κ2) is 6.29. The van der Waals surface area contributed by atoms with E-state index in [0.29, 0.717) is 6.54 Å². The summed E-state index contributed by atoms with van der Waals surface area (Å²) in [5, 5.41) is 12.8. The SMILES string of the molecule is Cc1nc(-c2ccccc2Br)sc1[C@H](C)NCC#N. The van der Waals surface area contributed by atoms with Crippen LogP contribution in [-0.4, -0.2) is 11.5 Å². The van der Waals surface area contributed by atoms with Gasteiger partial charge >= 0.3 is 0 Å². The average Bonchev–Trinajstić information content (AvgIpc) is 2.78. The Morgan fingerprint density at radius 1 is 1.47 bits per heavy atom. The summed E-state index contributed by atoms with van der Waals surface area (Å²) >= 11 is 5.23. The highest BCUT2D eigenvalue weighted by atomic mass is 79.9. The Balaban J connectivity index is 2.32. The van der Waals surface area contributed by atoms with Gasteiger partial charge in [-0.15, -0.1) is 11.3 Å². The van der Waals surface area contributed by atoms with Gasteiger partial charge in [-0.1, -0.05) is 34.1 Å². The molecule has 19 heavy (non-hydrogen) atoms. The van der Waals surface area contributed by atoms with Crippen LogP contribution in [0.3, 0.4) is 0 Å². The normalized spacial score (nSPS) is 12.1. The zero-order chi connectivity index (χ0) is 13.8. The maximum absolute atomic E-state index is 8.62. The summed E-state index contributed by atoms with van der Waals surface area (Å²) in [5.74, 6) is 0. The number of rotatable bonds is 4. The van der Waals surface area contributed by atoms with Gasteiger partial charge < -0.3 is 0 Å². The standard InChI is InChI=1S/C14H14BrN3S/c1-9(17-8-7-16)13-10(2)18-14(19-13)11-5-3-4-6-12(11)15/h3-6,9,17H,8H2,1-2H3/t9-/m0/s1. The highest BCUT2D eigenvalue weighted by molar-refractivity contribution is 9.10. The zero-order valence-electron chi connectivity index (χ0n) is 10.8. The number of aromatic nitrogens is 1. The quantitative estimate of drug-likeness (QED) is 0.857. The monoisotopic (exact) mass is 335 g/mol. The number of hydrogen-bond donors (Lipinski definition) is 1. The molecule has 0 fully saturated rings. The molecule has 1 heterocycles. The van der Waals surface area contributed by atoms with Crippen LogP contribution in [0.25, 0.3) is 10.6 Å². The smallest absolute Gasteiger partial charge is 0.125 e. The van der Waals surface area contributed by atoms with Crippen LogP contribution in [0.4, 0.5) is 0 Å². The third kappa shape index (κ3) is 3.21. The molecule has 0 bridgehead atoms. The molecular formula is C14H14BrN3S. The predicted molar refractivity (Wildman–Crippen MR) is 82.0 cm³/mol. The Morgan fingerprint density at radius 2 is 2.21 bits per heavy atom. The van der Waals surface area contributed by atoms with Crippen molar-refractivity contribution in [3.63, 3.8) is 0 Å². The van der Waals surface area contributed by atoms with Gasteiger partial charge in [0, 0.05) is 21.0 Å². The largest absolute Gasteiger partial charge is 0.297 e. The molecule has 0 aliphatic rings. The molecule has 5 heteroatoms. The van der Waals surface area contributed by atoms with Crippen molar-refractivity contribution in [2.75, 3.05) is 6.54 Å². The van der Waals surface area contributed by atoms with Gasteiger partial charge in [-0.3, -0.25) is 5.32 Å². The summed E-state index contributed by atoms with van der Waals surface area (Å²) in [4.78, 5) is 5.82. The molecule has 2 rings (SSSR count). The Bertz CT molecular complexity index is 615. The van der Waals surface area contributed by atoms with Crippen LogP contribution in [0.1, 0.15) is 23.5 Å². The van der Waals surface area contributed by atoms with Crippen molar-refractivity contribution < 1.29 is 0 Å². The van der Waals surface area contributed by atoms with E-state index < -0.39 is 0 Å². The maximum atomic E-state index is 8.62. The van der Waals surface area contributed by atoms with Gasteiger partial charge in [-0.05, 0) is 19.9 Å². The Labute approximate surface area is 125 Å². The lowest BCUT2D eigenvalue weighted by atomic mass is 10.2. The third-order valence-corrected chi connectivity index (χ3v) is 4.88. The van der Waals surface area contributed by atoms with Gasteiger partial charge in [-0.2, -0.15) is 5.26 Å². The lowest BCUT2D eigenvalue weighted by Crippen LogP contribution is -2.18. The van der Waals surface area contributed by atoms with Crippen LogP contribution in [0.15, 0.2) is 28.7 Å². The van der Waals surface area contributed by atoms with Crippen LogP contribution in [0.2, 0.25) is 0 Å². The average molecular weight is 336 g/mol. The molecule has 1 atom stereocenters. The zero-order valence-corrected chi connectivity index (χ0v) is 13.2. The first kappa shape index (κ1) is 14.2. The van der Waals surface area contributed by atoms with E-state index in [2.05, 4.69) is 45.3 Å². The summed E-state index contributed by atoms with van der Waals surface area (Å²) in [6.07, 6.45) is 0. The highest BCUT2D eigenvalue weighted by Crippen LogP contribution is 2.35. The lowest BCUT2D eigenvalue weighted by molar-refractivity contribution is 0.626. The molecule has 0 saturated heterocycles. The van der Waals surface area contributed by atoms with E-state index in [-0.39, 0.29) is 6.04 Å². The van der Waals surface area contributed by atoms with Gasteiger partial charge in [0.1, 0.15) is 5.01 Å². The fraction of sp³-hybridized carbons (Fsp3) is 0.286. The van der Waals surface area contributed by atoms with Crippen molar-refractivity contribution in [1.82, 2.24) is 10.3 Å². The Hall–Kier alpha value is -1.22. The van der Waals surface area contributed by atoms with E-state index in [1.54, 1.807) is 11.3 Å². The van der Waals surface area contributed by atoms with Crippen LogP contribution < -0.4 is 5.32 Å². The van der Waals surface area contributed by atoms with E-state index in [9.17, 15) is 0 Å². The van der Waals surface area contributed by atoms with Crippen molar-refractivity contribution >= 4 is 27.3 Å². The van der Waals surface area contributed by atoms with Gasteiger partial charge in [0.05, 0.1) is 18.3 Å². The first-order valence-electron chi connectivity index (χ1n) is 5.96. The number of halogens is 1. The number of nitrogens with zero attached hydrogens (tertiary/aromatic N) is 2. The first-order valence-corrected chi connectivity index (χ1v) is 7.57. The molecule has 0 unspecified atom stereocenters. The summed E-state index contributed by atoms with van der Waals surface area (Å²) in [6, 6.07) is 10.3. The Morgan fingerprint density at radius 3 is 2.89 bits per heavy atom. The fourth-order valence-corrected chi connectivity index (χ4v) is 3.59. The molecule has 1 aromatic heterocycles. The molecule has 2 aromatic rings. The lowest BCUT2D eigenvalue weighted by Gasteiger charge is -2.09. The first-order chi connectivity index (χ1) is 9.13. The second-order valence-electron chi connectivity index (χ2n) is 4.21. The van der Waals surface area contributed by atoms with Crippen molar-refractivity contribution in [3.8, 4) is 16.6 Å². The molecule has 0 amide bonds. The summed E-state index contributed by atoms with van der Waals surface area (Å²) < 4.78 is 1.05. The number of benzene rings is 1. The van der Waals surface area contributed by atoms with Crippen LogP contribution in [0.5, 0.6) is 0 Å². The van der Waals surface area contributed by atoms with E-state index in [4.69, 9.17) is 5.26 Å². The molecule has 98 valence electrons. The van der Waals surface area contributed by atoms with Crippen molar-refractivity contribution in [2.45, 2.75) is 19.9 Å². The van der Waals surface area contributed by atoms with Gasteiger partial charge in [0.2, 0.25) is 0 Å². The minimum Gasteiger partial charge on any atom is -0.297 e. The van der Waals surface area contributed by atoms with Crippen LogP contribution >= 0.6 is 27.3 Å². The minimum atomic E-state index is 0.147. The Kier molecular flexibility index (Phi) is 4.70. The number of nitrogens with one attached hydrogen (secondary N) is 1. The van der Waals surface area contributed by atoms with Crippen molar-refractivity contribution in [2.24, 2.45) is 0 Å². The van der Waals surface area contributed by atoms with Crippen molar-refractivity contribution in [1.29, 1.82) is 5.26 Å². The molecule has 3 nitrogen and oxygen atoms in total. The summed E-state index contributed by atoms with van der Waals surface area (Å²) in [5.41, 5.74) is 2.13. The van der Waals surface area contributed by atoms with E-state index in [0.717, 1.165) is 20.7 Å². The molecule has 1 aromatic carbocycles. The van der Waals surface area contributed by atoms with E-state index >= 15 is 0 Å². The molecule has 0 aliphatic heterocycles. The molecule has 0 radical (unpaired) electrons. The molecule has 0 aliphatic carbocycles. The van der Waals surface area contributed by atoms with Gasteiger partial charge in [-0.25, -0.2) is 4.98 Å². The third-order valence-electron chi connectivity index (χ3n) is 2.82. The van der Waals surface area contributed by atoms with Crippen LogP contribution in [-0.2, 0) is 0 Å². The number of hydrogen-bond acceptors (Lipinski definition) is 4. The summed E-state index contributed by atoms with van der Waals surface area (Å²) in [7, 11) is 0. The van der Waals surface area contributed by atoms with E-state index in [1.807, 2.05) is 25.1 Å². The van der Waals surface area contributed by atoms with Crippen molar-refractivity contribution in [3.05, 3.63) is 39.3 Å². The summed E-state index contributed by atoms with van der Waals surface area (Å²) in [6.45, 7) is 4.42. The van der Waals surface area contributed by atoms with Gasteiger partial charge in [0.15, 0.2) is 0 Å². The molecular weight excluding hydrogens is 322 g/mol. The number of thiazole rings is 1. The number of aryl methyl sites for hydroxylation is 1. The maximum Gasteiger partial charge on any atom is 0.125 e. The number of nitriles is 1.